The second kappa shape index (κ2) is 8.01. The maximum absolute atomic E-state index is 13.1. The van der Waals surface area contributed by atoms with Gasteiger partial charge < -0.3 is 5.32 Å². The van der Waals surface area contributed by atoms with E-state index in [1.165, 1.54) is 6.07 Å². The van der Waals surface area contributed by atoms with E-state index in [0.717, 1.165) is 17.7 Å². The number of rotatable bonds is 7. The lowest BCUT2D eigenvalue weighted by molar-refractivity contribution is -0.113. The summed E-state index contributed by atoms with van der Waals surface area (Å²) in [4.78, 5) is 11.8. The van der Waals surface area contributed by atoms with Crippen LogP contribution >= 0.6 is 0 Å². The average Bonchev–Trinajstić information content (AvgIpc) is 2.51. The Kier molecular flexibility index (Phi) is 6.03. The normalized spacial score (nSPS) is 11.2. The highest BCUT2D eigenvalue weighted by Crippen LogP contribution is 2.13. The minimum Gasteiger partial charge on any atom is -0.325 e. The number of halogens is 2. The van der Waals surface area contributed by atoms with E-state index in [1.807, 2.05) is 30.3 Å². The van der Waals surface area contributed by atoms with Gasteiger partial charge in [-0.05, 0) is 30.5 Å². The predicted octanol–water partition coefficient (Wildman–Crippen LogP) is 2.95. The third kappa shape index (κ3) is 5.73. The molecule has 0 spiro atoms. The van der Waals surface area contributed by atoms with Crippen molar-refractivity contribution in [2.45, 2.75) is 12.8 Å². The maximum atomic E-state index is 13.1. The molecule has 0 atom stereocenters. The summed E-state index contributed by atoms with van der Waals surface area (Å²) < 4.78 is 49.7. The van der Waals surface area contributed by atoms with E-state index in [2.05, 4.69) is 5.32 Å². The number of hydrogen-bond acceptors (Lipinski definition) is 3. The summed E-state index contributed by atoms with van der Waals surface area (Å²) in [6, 6.07) is 12.3. The molecule has 0 aliphatic heterocycles. The molecule has 2 aromatic carbocycles. The van der Waals surface area contributed by atoms with Crippen LogP contribution in [-0.4, -0.2) is 25.8 Å². The molecular formula is C17H17F2NO3S. The molecule has 0 aliphatic rings. The van der Waals surface area contributed by atoms with Crippen molar-refractivity contribution in [2.24, 2.45) is 0 Å². The van der Waals surface area contributed by atoms with Gasteiger partial charge in [-0.2, -0.15) is 0 Å². The summed E-state index contributed by atoms with van der Waals surface area (Å²) in [7, 11) is -3.57. The largest absolute Gasteiger partial charge is 0.325 e. The average molecular weight is 353 g/mol. The van der Waals surface area contributed by atoms with Gasteiger partial charge in [-0.25, -0.2) is 17.2 Å². The summed E-state index contributed by atoms with van der Waals surface area (Å²) in [5.41, 5.74) is 1.04. The van der Waals surface area contributed by atoms with Crippen molar-refractivity contribution in [3.05, 3.63) is 65.7 Å². The quantitative estimate of drug-likeness (QED) is 0.832. The highest BCUT2D eigenvalue weighted by molar-refractivity contribution is 7.92. The molecule has 0 radical (unpaired) electrons. The van der Waals surface area contributed by atoms with Crippen LogP contribution in [0.1, 0.15) is 12.0 Å². The van der Waals surface area contributed by atoms with Gasteiger partial charge in [-0.3, -0.25) is 4.79 Å². The third-order valence-corrected chi connectivity index (χ3v) is 4.93. The Labute approximate surface area is 139 Å². The number of amides is 1. The van der Waals surface area contributed by atoms with Crippen LogP contribution in [0.4, 0.5) is 14.5 Å². The standard InChI is InChI=1S/C17H17F2NO3S/c18-15-9-8-14(11-16(15)19)20-17(21)12-24(22,23)10-4-7-13-5-2-1-3-6-13/h1-3,5-6,8-9,11H,4,7,10,12H2,(H,20,21). The van der Waals surface area contributed by atoms with Crippen molar-refractivity contribution in [3.8, 4) is 0 Å². The molecule has 0 fully saturated rings. The smallest absolute Gasteiger partial charge is 0.239 e. The predicted molar refractivity (Wildman–Crippen MR) is 88.4 cm³/mol. The van der Waals surface area contributed by atoms with Crippen LogP contribution in [0.2, 0.25) is 0 Å². The lowest BCUT2D eigenvalue weighted by Crippen LogP contribution is -2.25. The fourth-order valence-electron chi connectivity index (χ4n) is 2.18. The molecule has 0 aromatic heterocycles. The van der Waals surface area contributed by atoms with E-state index in [0.29, 0.717) is 12.8 Å². The Morgan fingerprint density at radius 2 is 1.71 bits per heavy atom. The zero-order chi connectivity index (χ0) is 17.6. The lowest BCUT2D eigenvalue weighted by Gasteiger charge is -2.07. The van der Waals surface area contributed by atoms with Gasteiger partial charge in [-0.1, -0.05) is 30.3 Å². The Balaban J connectivity index is 1.84. The molecule has 128 valence electrons. The van der Waals surface area contributed by atoms with Crippen LogP contribution in [0.5, 0.6) is 0 Å². The Morgan fingerprint density at radius 1 is 1.00 bits per heavy atom. The minimum absolute atomic E-state index is 0.0124. The van der Waals surface area contributed by atoms with Gasteiger partial charge in [0, 0.05) is 11.8 Å². The first-order valence-electron chi connectivity index (χ1n) is 7.35. The van der Waals surface area contributed by atoms with Crippen LogP contribution < -0.4 is 5.32 Å². The van der Waals surface area contributed by atoms with Crippen molar-refractivity contribution in [1.82, 2.24) is 0 Å². The molecule has 0 aliphatic carbocycles. The van der Waals surface area contributed by atoms with Crippen LogP contribution in [-0.2, 0) is 21.1 Å². The summed E-state index contributed by atoms with van der Waals surface area (Å²) >= 11 is 0. The molecule has 0 saturated heterocycles. The van der Waals surface area contributed by atoms with Crippen molar-refractivity contribution in [3.63, 3.8) is 0 Å². The molecule has 0 heterocycles. The highest BCUT2D eigenvalue weighted by Gasteiger charge is 2.17. The van der Waals surface area contributed by atoms with Crippen LogP contribution in [0.25, 0.3) is 0 Å². The van der Waals surface area contributed by atoms with Crippen LogP contribution in [0, 0.1) is 11.6 Å². The summed E-state index contributed by atoms with van der Waals surface area (Å²) in [5.74, 6) is -3.74. The SMILES string of the molecule is O=C(CS(=O)(=O)CCCc1ccccc1)Nc1ccc(F)c(F)c1. The zero-order valence-electron chi connectivity index (χ0n) is 12.8. The first kappa shape index (κ1) is 18.1. The molecule has 0 unspecified atom stereocenters. The fourth-order valence-corrected chi connectivity index (χ4v) is 3.38. The van der Waals surface area contributed by atoms with Crippen molar-refractivity contribution < 1.29 is 22.0 Å². The number of carbonyl (C=O) groups is 1. The second-order valence-corrected chi connectivity index (χ2v) is 7.54. The number of carbonyl (C=O) groups excluding carboxylic acids is 1. The molecule has 2 rings (SSSR count). The molecule has 2 aromatic rings. The van der Waals surface area contributed by atoms with Gasteiger partial charge in [0.05, 0.1) is 5.75 Å². The molecule has 0 saturated carbocycles. The van der Waals surface area contributed by atoms with Gasteiger partial charge in [0.15, 0.2) is 21.5 Å². The van der Waals surface area contributed by atoms with E-state index in [1.54, 1.807) is 0 Å². The van der Waals surface area contributed by atoms with Crippen LogP contribution in [0.15, 0.2) is 48.5 Å². The number of sulfone groups is 1. The van der Waals surface area contributed by atoms with Gasteiger partial charge in [0.25, 0.3) is 0 Å². The van der Waals surface area contributed by atoms with Crippen molar-refractivity contribution in [1.29, 1.82) is 0 Å². The summed E-state index contributed by atoms with van der Waals surface area (Å²) in [6.07, 6.45) is 1.01. The van der Waals surface area contributed by atoms with Crippen LogP contribution in [0.3, 0.4) is 0 Å². The Morgan fingerprint density at radius 3 is 2.38 bits per heavy atom. The third-order valence-electron chi connectivity index (χ3n) is 3.32. The molecular weight excluding hydrogens is 336 g/mol. The summed E-state index contributed by atoms with van der Waals surface area (Å²) in [5, 5.41) is 2.25. The number of anilines is 1. The molecule has 1 amide bonds. The Hall–Kier alpha value is -2.28. The van der Waals surface area contributed by atoms with Gasteiger partial charge in [0.2, 0.25) is 5.91 Å². The highest BCUT2D eigenvalue weighted by atomic mass is 32.2. The Bertz CT molecular complexity index is 808. The first-order valence-corrected chi connectivity index (χ1v) is 9.17. The lowest BCUT2D eigenvalue weighted by atomic mass is 10.1. The van der Waals surface area contributed by atoms with Gasteiger partial charge >= 0.3 is 0 Å². The van der Waals surface area contributed by atoms with Crippen molar-refractivity contribution >= 4 is 21.4 Å². The van der Waals surface area contributed by atoms with Crippen molar-refractivity contribution in [2.75, 3.05) is 16.8 Å². The summed E-state index contributed by atoms with van der Waals surface area (Å²) in [6.45, 7) is 0. The van der Waals surface area contributed by atoms with E-state index in [4.69, 9.17) is 0 Å². The molecule has 4 nitrogen and oxygen atoms in total. The molecule has 0 bridgehead atoms. The van der Waals surface area contributed by atoms with E-state index >= 15 is 0 Å². The molecule has 1 N–H and O–H groups in total. The van der Waals surface area contributed by atoms with Gasteiger partial charge in [-0.15, -0.1) is 0 Å². The fraction of sp³-hybridized carbons (Fsp3) is 0.235. The number of aryl methyl sites for hydroxylation is 1. The molecule has 7 heteroatoms. The zero-order valence-corrected chi connectivity index (χ0v) is 13.7. The minimum atomic E-state index is -3.57. The van der Waals surface area contributed by atoms with Gasteiger partial charge in [0.1, 0.15) is 5.75 Å². The topological polar surface area (TPSA) is 63.2 Å². The maximum Gasteiger partial charge on any atom is 0.239 e. The van der Waals surface area contributed by atoms with E-state index < -0.39 is 33.1 Å². The second-order valence-electron chi connectivity index (χ2n) is 5.36. The monoisotopic (exact) mass is 353 g/mol. The number of benzene rings is 2. The number of nitrogens with one attached hydrogen (secondary N) is 1. The van der Waals surface area contributed by atoms with E-state index in [-0.39, 0.29) is 11.4 Å². The van der Waals surface area contributed by atoms with E-state index in [9.17, 15) is 22.0 Å². The number of hydrogen-bond donors (Lipinski definition) is 1. The first-order chi connectivity index (χ1) is 11.4. The molecule has 24 heavy (non-hydrogen) atoms.